The van der Waals surface area contributed by atoms with E-state index in [4.69, 9.17) is 4.74 Å². The van der Waals surface area contributed by atoms with Gasteiger partial charge >= 0.3 is 6.03 Å². The molecule has 1 unspecified atom stereocenters. The van der Waals surface area contributed by atoms with Crippen molar-refractivity contribution in [2.75, 3.05) is 13.7 Å². The molecule has 1 N–H and O–H groups in total. The number of nitrogens with zero attached hydrogens (tertiary/aromatic N) is 1. The van der Waals surface area contributed by atoms with Gasteiger partial charge in [0, 0.05) is 11.1 Å². The molecular weight excluding hydrogens is 320 g/mol. The Bertz CT molecular complexity index is 834. The number of ether oxygens (including phenoxy) is 1. The van der Waals surface area contributed by atoms with Gasteiger partial charge in [0.25, 0.3) is 5.91 Å². The minimum absolute atomic E-state index is 0.298. The molecule has 0 saturated carbocycles. The summed E-state index contributed by atoms with van der Waals surface area (Å²) in [5.41, 5.74) is -0.278. The third kappa shape index (κ3) is 2.87. The highest BCUT2D eigenvalue weighted by Crippen LogP contribution is 2.34. The number of carbonyl (C=O) groups is 3. The second-order valence-corrected chi connectivity index (χ2v) is 5.94. The van der Waals surface area contributed by atoms with E-state index in [1.807, 2.05) is 0 Å². The van der Waals surface area contributed by atoms with Gasteiger partial charge in [0.05, 0.1) is 13.7 Å². The Morgan fingerprint density at radius 2 is 1.72 bits per heavy atom. The van der Waals surface area contributed by atoms with Crippen molar-refractivity contribution in [3.63, 3.8) is 0 Å². The Kier molecular flexibility index (Phi) is 4.27. The van der Waals surface area contributed by atoms with Gasteiger partial charge in [-0.2, -0.15) is 0 Å². The topological polar surface area (TPSA) is 75.7 Å². The van der Waals surface area contributed by atoms with Crippen LogP contribution in [0.5, 0.6) is 5.75 Å². The van der Waals surface area contributed by atoms with Crippen molar-refractivity contribution in [3.8, 4) is 5.75 Å². The van der Waals surface area contributed by atoms with Crippen molar-refractivity contribution in [2.45, 2.75) is 12.5 Å². The summed E-state index contributed by atoms with van der Waals surface area (Å²) in [5, 5.41) is 2.68. The predicted molar refractivity (Wildman–Crippen MR) is 91.4 cm³/mol. The van der Waals surface area contributed by atoms with Gasteiger partial charge in [0.1, 0.15) is 11.3 Å². The lowest BCUT2D eigenvalue weighted by molar-refractivity contribution is -0.130. The molecule has 2 aromatic rings. The summed E-state index contributed by atoms with van der Waals surface area (Å²) < 4.78 is 5.30. The quantitative estimate of drug-likeness (QED) is 0.671. The number of nitrogens with one attached hydrogen (secondary N) is 1. The van der Waals surface area contributed by atoms with E-state index in [9.17, 15) is 14.4 Å². The van der Waals surface area contributed by atoms with Gasteiger partial charge in [0.15, 0.2) is 5.78 Å². The van der Waals surface area contributed by atoms with Crippen LogP contribution in [0.2, 0.25) is 0 Å². The number of ketones is 1. The number of benzene rings is 2. The molecular formula is C19H18N2O4. The Balaban J connectivity index is 1.88. The van der Waals surface area contributed by atoms with E-state index in [2.05, 4.69) is 5.32 Å². The average Bonchev–Trinajstić information content (AvgIpc) is 2.86. The van der Waals surface area contributed by atoms with E-state index in [0.29, 0.717) is 16.9 Å². The van der Waals surface area contributed by atoms with Gasteiger partial charge in [-0.1, -0.05) is 48.5 Å². The van der Waals surface area contributed by atoms with Crippen molar-refractivity contribution in [1.29, 1.82) is 0 Å². The summed E-state index contributed by atoms with van der Waals surface area (Å²) in [6, 6.07) is 15.0. The molecule has 2 aromatic carbocycles. The van der Waals surface area contributed by atoms with Crippen LogP contribution in [0.15, 0.2) is 54.6 Å². The maximum atomic E-state index is 12.9. The third-order valence-electron chi connectivity index (χ3n) is 4.32. The molecule has 1 heterocycles. The summed E-state index contributed by atoms with van der Waals surface area (Å²) in [6.45, 7) is 1.30. The Morgan fingerprint density at radius 1 is 1.08 bits per heavy atom. The number of para-hydroxylation sites is 1. The molecule has 1 saturated heterocycles. The lowest BCUT2D eigenvalue weighted by atomic mass is 9.91. The third-order valence-corrected chi connectivity index (χ3v) is 4.32. The Morgan fingerprint density at radius 3 is 2.40 bits per heavy atom. The monoisotopic (exact) mass is 338 g/mol. The van der Waals surface area contributed by atoms with Crippen LogP contribution in [0.4, 0.5) is 4.79 Å². The highest BCUT2D eigenvalue weighted by molar-refractivity contribution is 6.11. The van der Waals surface area contributed by atoms with E-state index in [0.717, 1.165) is 4.90 Å². The molecule has 1 aliphatic rings. The number of imide groups is 1. The molecule has 6 heteroatoms. The number of amides is 3. The number of hydrogen-bond acceptors (Lipinski definition) is 4. The molecule has 0 bridgehead atoms. The van der Waals surface area contributed by atoms with E-state index in [1.165, 1.54) is 7.11 Å². The first-order valence-corrected chi connectivity index (χ1v) is 7.83. The lowest BCUT2D eigenvalue weighted by Gasteiger charge is -2.24. The fourth-order valence-electron chi connectivity index (χ4n) is 2.94. The van der Waals surface area contributed by atoms with Crippen LogP contribution in [0, 0.1) is 0 Å². The second-order valence-electron chi connectivity index (χ2n) is 5.94. The molecule has 3 amide bonds. The Labute approximate surface area is 145 Å². The van der Waals surface area contributed by atoms with Crippen LogP contribution < -0.4 is 10.1 Å². The fourth-order valence-corrected chi connectivity index (χ4v) is 2.94. The van der Waals surface area contributed by atoms with Crippen molar-refractivity contribution < 1.29 is 19.1 Å². The van der Waals surface area contributed by atoms with Crippen LogP contribution >= 0.6 is 0 Å². The van der Waals surface area contributed by atoms with Crippen LogP contribution in [-0.2, 0) is 10.3 Å². The summed E-state index contributed by atoms with van der Waals surface area (Å²) in [7, 11) is 1.50. The van der Waals surface area contributed by atoms with Crippen molar-refractivity contribution in [1.82, 2.24) is 10.2 Å². The van der Waals surface area contributed by atoms with E-state index in [1.54, 1.807) is 61.5 Å². The molecule has 0 radical (unpaired) electrons. The standard InChI is InChI=1S/C19H18N2O4/c1-19(14-10-6-7-11-16(14)25-2)17(23)21(18(24)20-19)12-15(22)13-8-4-3-5-9-13/h3-11H,12H2,1-2H3,(H,20,24). The highest BCUT2D eigenvalue weighted by Gasteiger charge is 2.50. The summed E-state index contributed by atoms with van der Waals surface area (Å²) >= 11 is 0. The Hall–Kier alpha value is -3.15. The molecule has 6 nitrogen and oxygen atoms in total. The van der Waals surface area contributed by atoms with Crippen LogP contribution in [0.25, 0.3) is 0 Å². The molecule has 0 spiro atoms. The zero-order chi connectivity index (χ0) is 18.0. The summed E-state index contributed by atoms with van der Waals surface area (Å²) in [6.07, 6.45) is 0. The maximum Gasteiger partial charge on any atom is 0.325 e. The number of urea groups is 1. The minimum Gasteiger partial charge on any atom is -0.496 e. The van der Waals surface area contributed by atoms with Crippen molar-refractivity contribution in [2.24, 2.45) is 0 Å². The number of methoxy groups -OCH3 is 1. The van der Waals surface area contributed by atoms with Gasteiger partial charge in [-0.05, 0) is 13.0 Å². The molecule has 3 rings (SSSR count). The van der Waals surface area contributed by atoms with E-state index < -0.39 is 17.5 Å². The first kappa shape index (κ1) is 16.7. The van der Waals surface area contributed by atoms with Gasteiger partial charge in [-0.3, -0.25) is 14.5 Å². The summed E-state index contributed by atoms with van der Waals surface area (Å²) in [5.74, 6) is -0.283. The maximum absolute atomic E-state index is 12.9. The molecule has 25 heavy (non-hydrogen) atoms. The van der Waals surface area contributed by atoms with Gasteiger partial charge in [-0.15, -0.1) is 0 Å². The molecule has 1 atom stereocenters. The number of rotatable bonds is 5. The molecule has 0 aliphatic carbocycles. The highest BCUT2D eigenvalue weighted by atomic mass is 16.5. The van der Waals surface area contributed by atoms with Crippen molar-refractivity contribution >= 4 is 17.7 Å². The minimum atomic E-state index is -1.28. The predicted octanol–water partition coefficient (Wildman–Crippen LogP) is 2.35. The molecule has 128 valence electrons. The lowest BCUT2D eigenvalue weighted by Crippen LogP contribution is -2.41. The van der Waals surface area contributed by atoms with Crippen LogP contribution in [0.1, 0.15) is 22.8 Å². The zero-order valence-corrected chi connectivity index (χ0v) is 14.0. The van der Waals surface area contributed by atoms with Gasteiger partial charge in [0.2, 0.25) is 0 Å². The normalized spacial score (nSPS) is 19.7. The first-order valence-electron chi connectivity index (χ1n) is 7.83. The van der Waals surface area contributed by atoms with Gasteiger partial charge in [-0.25, -0.2) is 4.79 Å². The first-order chi connectivity index (χ1) is 12.0. The number of carbonyl (C=O) groups excluding carboxylic acids is 3. The average molecular weight is 338 g/mol. The largest absolute Gasteiger partial charge is 0.496 e. The second kappa shape index (κ2) is 6.39. The molecule has 1 aliphatic heterocycles. The van der Waals surface area contributed by atoms with Crippen LogP contribution in [0.3, 0.4) is 0 Å². The van der Waals surface area contributed by atoms with Crippen LogP contribution in [-0.4, -0.2) is 36.3 Å². The smallest absolute Gasteiger partial charge is 0.325 e. The number of hydrogen-bond donors (Lipinski definition) is 1. The number of Topliss-reactive ketones (excluding diaryl/α,β-unsaturated/α-hetero) is 1. The fraction of sp³-hybridized carbons (Fsp3) is 0.211. The molecule has 1 fully saturated rings. The van der Waals surface area contributed by atoms with Crippen molar-refractivity contribution in [3.05, 3.63) is 65.7 Å². The van der Waals surface area contributed by atoms with E-state index >= 15 is 0 Å². The van der Waals surface area contributed by atoms with E-state index in [-0.39, 0.29) is 12.3 Å². The SMILES string of the molecule is COc1ccccc1C1(C)NC(=O)N(CC(=O)c2ccccc2)C1=O. The zero-order valence-electron chi connectivity index (χ0n) is 14.0. The molecule has 0 aromatic heterocycles. The summed E-state index contributed by atoms with van der Waals surface area (Å²) in [4.78, 5) is 38.6. The van der Waals surface area contributed by atoms with Gasteiger partial charge < -0.3 is 10.1 Å².